The maximum absolute atomic E-state index is 12.0. The monoisotopic (exact) mass is 280 g/mol. The molecule has 6 nitrogen and oxygen atoms in total. The van der Waals surface area contributed by atoms with Gasteiger partial charge in [-0.15, -0.1) is 0 Å². The normalized spacial score (nSPS) is 11.9. The molecular formula is C14H20N2O4. The summed E-state index contributed by atoms with van der Waals surface area (Å²) in [5.74, 6) is -1.50. The predicted octanol–water partition coefficient (Wildman–Crippen LogP) is 1.22. The van der Waals surface area contributed by atoms with E-state index in [1.165, 1.54) is 0 Å². The van der Waals surface area contributed by atoms with Crippen LogP contribution in [0.1, 0.15) is 41.4 Å². The summed E-state index contributed by atoms with van der Waals surface area (Å²) in [6.45, 7) is 5.56. The minimum Gasteiger partial charge on any atom is -0.481 e. The minimum absolute atomic E-state index is 0.0000170. The summed E-state index contributed by atoms with van der Waals surface area (Å²) in [6.07, 6.45) is 0.649. The number of aryl methyl sites for hydroxylation is 2. The second kappa shape index (κ2) is 6.88. The van der Waals surface area contributed by atoms with Gasteiger partial charge < -0.3 is 15.4 Å². The number of aromatic nitrogens is 1. The fourth-order valence-electron chi connectivity index (χ4n) is 2.07. The molecule has 6 heteroatoms. The van der Waals surface area contributed by atoms with Crippen molar-refractivity contribution >= 4 is 11.9 Å². The van der Waals surface area contributed by atoms with Crippen molar-refractivity contribution in [2.75, 3.05) is 6.54 Å². The molecule has 0 bridgehead atoms. The lowest BCUT2D eigenvalue weighted by Gasteiger charge is -2.14. The summed E-state index contributed by atoms with van der Waals surface area (Å²) in [6, 6.07) is 1.73. The molecule has 0 aromatic carbocycles. The van der Waals surface area contributed by atoms with Crippen LogP contribution in [0.25, 0.3) is 0 Å². The Balaban J connectivity index is 2.77. The second-order valence-corrected chi connectivity index (χ2v) is 4.92. The Bertz CT molecular complexity index is 563. The quantitative estimate of drug-likeness (QED) is 0.729. The average molecular weight is 280 g/mol. The van der Waals surface area contributed by atoms with Crippen molar-refractivity contribution in [2.24, 2.45) is 5.92 Å². The first-order valence-corrected chi connectivity index (χ1v) is 6.55. The highest BCUT2D eigenvalue weighted by atomic mass is 16.4. The summed E-state index contributed by atoms with van der Waals surface area (Å²) in [5.41, 5.74) is 0.962. The molecule has 0 aliphatic rings. The molecule has 0 spiro atoms. The molecule has 0 radical (unpaired) electrons. The third kappa shape index (κ3) is 4.22. The second-order valence-electron chi connectivity index (χ2n) is 4.92. The third-order valence-corrected chi connectivity index (χ3v) is 3.18. The number of carbonyl (C=O) groups is 2. The molecule has 110 valence electrons. The highest BCUT2D eigenvalue weighted by molar-refractivity contribution is 5.95. The number of aliphatic carboxylic acids is 1. The van der Waals surface area contributed by atoms with Crippen LogP contribution in [-0.4, -0.2) is 28.5 Å². The van der Waals surface area contributed by atoms with Crippen LogP contribution in [0.5, 0.6) is 0 Å². The molecule has 0 saturated carbocycles. The molecule has 1 rings (SSSR count). The Labute approximate surface area is 117 Å². The van der Waals surface area contributed by atoms with Crippen molar-refractivity contribution in [2.45, 2.75) is 33.6 Å². The summed E-state index contributed by atoms with van der Waals surface area (Å²) in [4.78, 5) is 37.1. The van der Waals surface area contributed by atoms with E-state index in [9.17, 15) is 14.4 Å². The summed E-state index contributed by atoms with van der Waals surface area (Å²) < 4.78 is 0. The molecule has 0 aliphatic heterocycles. The highest BCUT2D eigenvalue weighted by Crippen LogP contribution is 2.08. The van der Waals surface area contributed by atoms with Gasteiger partial charge in [0.25, 0.3) is 11.5 Å². The van der Waals surface area contributed by atoms with Gasteiger partial charge in [0.2, 0.25) is 0 Å². The van der Waals surface area contributed by atoms with E-state index in [1.54, 1.807) is 19.9 Å². The molecule has 1 unspecified atom stereocenters. The molecule has 0 saturated heterocycles. The Morgan fingerprint density at radius 3 is 2.55 bits per heavy atom. The van der Waals surface area contributed by atoms with Crippen LogP contribution in [0.3, 0.4) is 0 Å². The smallest absolute Gasteiger partial charge is 0.303 e. The van der Waals surface area contributed by atoms with Crippen molar-refractivity contribution in [1.29, 1.82) is 0 Å². The van der Waals surface area contributed by atoms with Crippen molar-refractivity contribution in [1.82, 2.24) is 10.3 Å². The first kappa shape index (κ1) is 15.9. The maximum Gasteiger partial charge on any atom is 0.303 e. The number of hydrogen-bond donors (Lipinski definition) is 3. The molecule has 0 aliphatic carbocycles. The molecule has 1 aromatic rings. The van der Waals surface area contributed by atoms with E-state index in [0.717, 1.165) is 0 Å². The van der Waals surface area contributed by atoms with Gasteiger partial charge in [-0.05, 0) is 31.4 Å². The van der Waals surface area contributed by atoms with Crippen LogP contribution in [0.4, 0.5) is 0 Å². The Kier molecular flexibility index (Phi) is 5.49. The number of H-pyrrole nitrogens is 1. The highest BCUT2D eigenvalue weighted by Gasteiger charge is 2.17. The van der Waals surface area contributed by atoms with Crippen LogP contribution in [0.2, 0.25) is 0 Å². The lowest BCUT2D eigenvalue weighted by atomic mass is 10.0. The fraction of sp³-hybridized carbons (Fsp3) is 0.500. The number of amides is 1. The van der Waals surface area contributed by atoms with Crippen LogP contribution >= 0.6 is 0 Å². The summed E-state index contributed by atoms with van der Waals surface area (Å²) in [5, 5.41) is 11.4. The van der Waals surface area contributed by atoms with Crippen molar-refractivity contribution in [3.8, 4) is 0 Å². The molecule has 20 heavy (non-hydrogen) atoms. The van der Waals surface area contributed by atoms with Gasteiger partial charge in [0, 0.05) is 18.7 Å². The number of carboxylic acids is 1. The van der Waals surface area contributed by atoms with E-state index >= 15 is 0 Å². The zero-order valence-corrected chi connectivity index (χ0v) is 11.9. The summed E-state index contributed by atoms with van der Waals surface area (Å²) in [7, 11) is 0. The van der Waals surface area contributed by atoms with Gasteiger partial charge in [0.15, 0.2) is 0 Å². The number of carboxylic acid groups (broad SMARTS) is 1. The van der Waals surface area contributed by atoms with Gasteiger partial charge in [-0.2, -0.15) is 0 Å². The Hall–Kier alpha value is -2.11. The topological polar surface area (TPSA) is 99.3 Å². The number of hydrogen-bond acceptors (Lipinski definition) is 3. The first-order valence-electron chi connectivity index (χ1n) is 6.55. The van der Waals surface area contributed by atoms with Crippen LogP contribution < -0.4 is 10.9 Å². The van der Waals surface area contributed by atoms with Crippen LogP contribution in [0, 0.1) is 19.8 Å². The van der Waals surface area contributed by atoms with Gasteiger partial charge in [0.1, 0.15) is 5.56 Å². The van der Waals surface area contributed by atoms with E-state index in [-0.39, 0.29) is 24.4 Å². The summed E-state index contributed by atoms with van der Waals surface area (Å²) >= 11 is 0. The lowest BCUT2D eigenvalue weighted by Crippen LogP contribution is -2.34. The molecule has 0 fully saturated rings. The minimum atomic E-state index is -0.893. The average Bonchev–Trinajstić information content (AvgIpc) is 2.32. The standard InChI is InChI=1S/C14H20N2O4/c1-4-10(6-11(17)18)7-15-13(19)12-8(2)5-9(3)16-14(12)20/h5,10H,4,6-7H2,1-3H3,(H,15,19)(H,16,20)(H,17,18). The fourth-order valence-corrected chi connectivity index (χ4v) is 2.07. The van der Waals surface area contributed by atoms with E-state index < -0.39 is 17.4 Å². The predicted molar refractivity (Wildman–Crippen MR) is 74.9 cm³/mol. The van der Waals surface area contributed by atoms with Crippen molar-refractivity contribution in [3.05, 3.63) is 33.2 Å². The van der Waals surface area contributed by atoms with Crippen molar-refractivity contribution in [3.63, 3.8) is 0 Å². The number of carbonyl (C=O) groups excluding carboxylic acids is 1. The Morgan fingerprint density at radius 1 is 1.40 bits per heavy atom. The van der Waals surface area contributed by atoms with Crippen LogP contribution in [-0.2, 0) is 4.79 Å². The number of rotatable bonds is 6. The van der Waals surface area contributed by atoms with Gasteiger partial charge in [0.05, 0.1) is 0 Å². The zero-order valence-electron chi connectivity index (χ0n) is 11.9. The molecule has 1 amide bonds. The molecular weight excluding hydrogens is 260 g/mol. The van der Waals surface area contributed by atoms with Gasteiger partial charge in [-0.3, -0.25) is 14.4 Å². The van der Waals surface area contributed by atoms with Crippen molar-refractivity contribution < 1.29 is 14.7 Å². The van der Waals surface area contributed by atoms with Gasteiger partial charge >= 0.3 is 5.97 Å². The molecule has 3 N–H and O–H groups in total. The zero-order chi connectivity index (χ0) is 15.3. The lowest BCUT2D eigenvalue weighted by molar-refractivity contribution is -0.138. The number of aromatic amines is 1. The molecule has 1 atom stereocenters. The van der Waals surface area contributed by atoms with E-state index in [2.05, 4.69) is 10.3 Å². The Morgan fingerprint density at radius 2 is 2.05 bits per heavy atom. The number of pyridine rings is 1. The third-order valence-electron chi connectivity index (χ3n) is 3.18. The first-order chi connectivity index (χ1) is 9.35. The number of nitrogens with one attached hydrogen (secondary N) is 2. The SMILES string of the molecule is CCC(CNC(=O)c1c(C)cc(C)[nH]c1=O)CC(=O)O. The molecule has 1 aromatic heterocycles. The van der Waals surface area contributed by atoms with E-state index in [1.807, 2.05) is 6.92 Å². The van der Waals surface area contributed by atoms with Gasteiger partial charge in [-0.25, -0.2) is 0 Å². The molecule has 1 heterocycles. The maximum atomic E-state index is 12.0. The van der Waals surface area contributed by atoms with E-state index in [4.69, 9.17) is 5.11 Å². The van der Waals surface area contributed by atoms with Gasteiger partial charge in [-0.1, -0.05) is 13.3 Å². The largest absolute Gasteiger partial charge is 0.481 e. The van der Waals surface area contributed by atoms with E-state index in [0.29, 0.717) is 17.7 Å². The van der Waals surface area contributed by atoms with Crippen LogP contribution in [0.15, 0.2) is 10.9 Å².